The van der Waals surface area contributed by atoms with Gasteiger partial charge in [0.25, 0.3) is 0 Å². The first-order valence-electron chi connectivity index (χ1n) is 7.55. The third-order valence-corrected chi connectivity index (χ3v) is 3.98. The molecule has 2 saturated heterocycles. The van der Waals surface area contributed by atoms with Crippen LogP contribution in [0, 0.1) is 0 Å². The Morgan fingerprint density at radius 3 is 2.00 bits per heavy atom. The summed E-state index contributed by atoms with van der Waals surface area (Å²) in [6.07, 6.45) is 5.09. The molecule has 0 spiro atoms. The number of morpholine rings is 1. The van der Waals surface area contributed by atoms with Gasteiger partial charge in [0.2, 0.25) is 5.95 Å². The monoisotopic (exact) mass is 277 g/mol. The fourth-order valence-electron chi connectivity index (χ4n) is 2.86. The molecule has 2 aliphatic rings. The maximum Gasteiger partial charge on any atom is 0.223 e. The summed E-state index contributed by atoms with van der Waals surface area (Å²) < 4.78 is 5.39. The van der Waals surface area contributed by atoms with E-state index in [0.29, 0.717) is 5.95 Å². The molecule has 110 valence electrons. The molecule has 0 radical (unpaired) electrons. The largest absolute Gasteiger partial charge is 0.378 e. The number of nitrogens with two attached hydrogens (primary N) is 1. The number of nitrogen functional groups attached to an aromatic ring is 1. The van der Waals surface area contributed by atoms with E-state index in [4.69, 9.17) is 10.5 Å². The molecule has 2 aliphatic heterocycles. The zero-order valence-electron chi connectivity index (χ0n) is 11.9. The van der Waals surface area contributed by atoms with Gasteiger partial charge in [-0.05, 0) is 12.8 Å². The molecule has 20 heavy (non-hydrogen) atoms. The lowest BCUT2D eigenvalue weighted by molar-refractivity contribution is 0.122. The Bertz CT molecular complexity index is 439. The highest BCUT2D eigenvalue weighted by molar-refractivity contribution is 5.54. The average Bonchev–Trinajstić information content (AvgIpc) is 2.77. The predicted octanol–water partition coefficient (Wildman–Crippen LogP) is 1.28. The highest BCUT2D eigenvalue weighted by atomic mass is 16.5. The summed E-state index contributed by atoms with van der Waals surface area (Å²) in [5, 5.41) is 0. The van der Waals surface area contributed by atoms with Crippen LogP contribution in [-0.2, 0) is 4.74 Å². The fourth-order valence-corrected chi connectivity index (χ4v) is 2.86. The molecule has 0 unspecified atom stereocenters. The SMILES string of the molecule is Nc1nc(N2CCCCCC2)cc(N2CCOCC2)n1. The number of hydrogen-bond acceptors (Lipinski definition) is 6. The van der Waals surface area contributed by atoms with Crippen molar-refractivity contribution >= 4 is 17.6 Å². The molecule has 3 heterocycles. The average molecular weight is 277 g/mol. The van der Waals surface area contributed by atoms with Crippen molar-refractivity contribution in [1.82, 2.24) is 9.97 Å². The van der Waals surface area contributed by atoms with Crippen molar-refractivity contribution in [3.05, 3.63) is 6.07 Å². The van der Waals surface area contributed by atoms with E-state index in [9.17, 15) is 0 Å². The smallest absolute Gasteiger partial charge is 0.223 e. The van der Waals surface area contributed by atoms with E-state index >= 15 is 0 Å². The van der Waals surface area contributed by atoms with E-state index in [1.807, 2.05) is 0 Å². The maximum absolute atomic E-state index is 5.91. The van der Waals surface area contributed by atoms with E-state index in [2.05, 4.69) is 25.8 Å². The quantitative estimate of drug-likeness (QED) is 0.878. The number of anilines is 3. The number of aromatic nitrogens is 2. The molecule has 1 aromatic rings. The van der Waals surface area contributed by atoms with Crippen molar-refractivity contribution in [2.45, 2.75) is 25.7 Å². The Kier molecular flexibility index (Phi) is 4.20. The molecule has 2 fully saturated rings. The molecule has 1 aromatic heterocycles. The van der Waals surface area contributed by atoms with E-state index in [1.54, 1.807) is 0 Å². The minimum absolute atomic E-state index is 0.369. The standard InChI is InChI=1S/C14H23N5O/c15-14-16-12(18-5-3-1-2-4-6-18)11-13(17-14)19-7-9-20-10-8-19/h11H,1-10H2,(H2,15,16,17). The van der Waals surface area contributed by atoms with Gasteiger partial charge in [0, 0.05) is 32.2 Å². The van der Waals surface area contributed by atoms with Gasteiger partial charge in [-0.2, -0.15) is 9.97 Å². The van der Waals surface area contributed by atoms with Gasteiger partial charge >= 0.3 is 0 Å². The molecule has 0 aliphatic carbocycles. The van der Waals surface area contributed by atoms with Crippen molar-refractivity contribution < 1.29 is 4.74 Å². The minimum atomic E-state index is 0.369. The van der Waals surface area contributed by atoms with Gasteiger partial charge < -0.3 is 20.3 Å². The minimum Gasteiger partial charge on any atom is -0.378 e. The summed E-state index contributed by atoms with van der Waals surface area (Å²) in [7, 11) is 0. The van der Waals surface area contributed by atoms with Gasteiger partial charge in [-0.15, -0.1) is 0 Å². The molecule has 6 nitrogen and oxygen atoms in total. The van der Waals surface area contributed by atoms with E-state index in [0.717, 1.165) is 51.0 Å². The molecular weight excluding hydrogens is 254 g/mol. The van der Waals surface area contributed by atoms with Crippen molar-refractivity contribution in [2.75, 3.05) is 54.9 Å². The van der Waals surface area contributed by atoms with Crippen LogP contribution in [0.25, 0.3) is 0 Å². The second-order valence-electron chi connectivity index (χ2n) is 5.44. The predicted molar refractivity (Wildman–Crippen MR) is 80.2 cm³/mol. The van der Waals surface area contributed by atoms with Crippen molar-refractivity contribution in [2.24, 2.45) is 0 Å². The van der Waals surface area contributed by atoms with E-state index in [1.165, 1.54) is 25.7 Å². The summed E-state index contributed by atoms with van der Waals surface area (Å²) in [6, 6.07) is 2.08. The van der Waals surface area contributed by atoms with Crippen LogP contribution >= 0.6 is 0 Å². The van der Waals surface area contributed by atoms with E-state index < -0.39 is 0 Å². The first-order valence-corrected chi connectivity index (χ1v) is 7.55. The summed E-state index contributed by atoms with van der Waals surface area (Å²) in [5.74, 6) is 2.27. The molecule has 0 aromatic carbocycles. The Morgan fingerprint density at radius 1 is 0.850 bits per heavy atom. The molecule has 0 amide bonds. The summed E-state index contributed by atoms with van der Waals surface area (Å²) in [6.45, 7) is 5.38. The highest BCUT2D eigenvalue weighted by Crippen LogP contribution is 2.23. The zero-order chi connectivity index (χ0) is 13.8. The van der Waals surface area contributed by atoms with Crippen LogP contribution < -0.4 is 15.5 Å². The number of rotatable bonds is 2. The second-order valence-corrected chi connectivity index (χ2v) is 5.44. The van der Waals surface area contributed by atoms with Crippen LogP contribution in [0.2, 0.25) is 0 Å². The van der Waals surface area contributed by atoms with Gasteiger partial charge in [-0.25, -0.2) is 0 Å². The van der Waals surface area contributed by atoms with Crippen LogP contribution in [0.1, 0.15) is 25.7 Å². The van der Waals surface area contributed by atoms with Crippen molar-refractivity contribution in [3.63, 3.8) is 0 Å². The van der Waals surface area contributed by atoms with Gasteiger partial charge in [0.15, 0.2) is 0 Å². The van der Waals surface area contributed by atoms with Crippen LogP contribution in [0.4, 0.5) is 17.6 Å². The maximum atomic E-state index is 5.91. The first kappa shape index (κ1) is 13.4. The highest BCUT2D eigenvalue weighted by Gasteiger charge is 2.17. The topological polar surface area (TPSA) is 67.5 Å². The molecule has 3 rings (SSSR count). The first-order chi connectivity index (χ1) is 9.83. The lowest BCUT2D eigenvalue weighted by Crippen LogP contribution is -2.37. The normalized spacial score (nSPS) is 20.8. The Morgan fingerprint density at radius 2 is 1.40 bits per heavy atom. The van der Waals surface area contributed by atoms with Gasteiger partial charge in [-0.1, -0.05) is 12.8 Å². The lowest BCUT2D eigenvalue weighted by Gasteiger charge is -2.29. The Balaban J connectivity index is 1.81. The van der Waals surface area contributed by atoms with Gasteiger partial charge in [-0.3, -0.25) is 0 Å². The zero-order valence-corrected chi connectivity index (χ0v) is 11.9. The van der Waals surface area contributed by atoms with Crippen molar-refractivity contribution in [3.8, 4) is 0 Å². The molecule has 2 N–H and O–H groups in total. The van der Waals surface area contributed by atoms with Crippen molar-refractivity contribution in [1.29, 1.82) is 0 Å². The van der Waals surface area contributed by atoms with Gasteiger partial charge in [0.05, 0.1) is 13.2 Å². The molecular formula is C14H23N5O. The van der Waals surface area contributed by atoms with Crippen LogP contribution in [0.15, 0.2) is 6.07 Å². The third kappa shape index (κ3) is 3.12. The molecule has 0 bridgehead atoms. The third-order valence-electron chi connectivity index (χ3n) is 3.98. The number of ether oxygens (including phenoxy) is 1. The Hall–Kier alpha value is -1.56. The molecule has 0 atom stereocenters. The molecule has 6 heteroatoms. The fraction of sp³-hybridized carbons (Fsp3) is 0.714. The second kappa shape index (κ2) is 6.26. The summed E-state index contributed by atoms with van der Waals surface area (Å²) >= 11 is 0. The van der Waals surface area contributed by atoms with E-state index in [-0.39, 0.29) is 0 Å². The van der Waals surface area contributed by atoms with Crippen LogP contribution in [0.3, 0.4) is 0 Å². The molecule has 0 saturated carbocycles. The lowest BCUT2D eigenvalue weighted by atomic mass is 10.2. The summed E-state index contributed by atoms with van der Waals surface area (Å²) in [5.41, 5.74) is 5.91. The summed E-state index contributed by atoms with van der Waals surface area (Å²) in [4.78, 5) is 13.4. The van der Waals surface area contributed by atoms with Crippen LogP contribution in [-0.4, -0.2) is 49.4 Å². The van der Waals surface area contributed by atoms with Crippen LogP contribution in [0.5, 0.6) is 0 Å². The number of hydrogen-bond donors (Lipinski definition) is 1. The van der Waals surface area contributed by atoms with Gasteiger partial charge in [0.1, 0.15) is 11.6 Å². The Labute approximate surface area is 119 Å². The number of nitrogens with zero attached hydrogens (tertiary/aromatic N) is 4.